The van der Waals surface area contributed by atoms with E-state index in [1.54, 1.807) is 24.3 Å². The van der Waals surface area contributed by atoms with Gasteiger partial charge in [-0.15, -0.1) is 0 Å². The predicted octanol–water partition coefficient (Wildman–Crippen LogP) is 7.87. The molecule has 0 bridgehead atoms. The summed E-state index contributed by atoms with van der Waals surface area (Å²) >= 11 is 1.43. The van der Waals surface area contributed by atoms with Gasteiger partial charge in [0.15, 0.2) is 10.9 Å². The highest BCUT2D eigenvalue weighted by atomic mass is 32.1. The van der Waals surface area contributed by atoms with Crippen molar-refractivity contribution in [3.05, 3.63) is 121 Å². The van der Waals surface area contributed by atoms with E-state index in [-0.39, 0.29) is 24.5 Å². The number of carbonyl (C=O) groups excluding carboxylic acids is 2. The summed E-state index contributed by atoms with van der Waals surface area (Å²) < 4.78 is 5.77. The van der Waals surface area contributed by atoms with Gasteiger partial charge in [-0.05, 0) is 42.0 Å². The fourth-order valence-electron chi connectivity index (χ4n) is 3.84. The van der Waals surface area contributed by atoms with Crippen LogP contribution in [0.25, 0.3) is 21.7 Å². The van der Waals surface area contributed by atoms with E-state index in [1.165, 1.54) is 11.3 Å². The van der Waals surface area contributed by atoms with Crippen LogP contribution in [0.2, 0.25) is 0 Å². The molecule has 182 valence electrons. The summed E-state index contributed by atoms with van der Waals surface area (Å²) in [5, 5.41) is 3.39. The number of rotatable bonds is 9. The van der Waals surface area contributed by atoms with Crippen LogP contribution >= 0.6 is 11.3 Å². The lowest BCUT2D eigenvalue weighted by Gasteiger charge is -2.06. The normalized spacial score (nSPS) is 10.6. The summed E-state index contributed by atoms with van der Waals surface area (Å²) in [6, 6.07) is 36.3. The molecule has 1 amide bonds. The van der Waals surface area contributed by atoms with Crippen molar-refractivity contribution in [1.29, 1.82) is 0 Å². The van der Waals surface area contributed by atoms with Gasteiger partial charge in [0.1, 0.15) is 11.5 Å². The summed E-state index contributed by atoms with van der Waals surface area (Å²) in [5.74, 6) is 1.03. The lowest BCUT2D eigenvalue weighted by Crippen LogP contribution is -2.13. The Kier molecular flexibility index (Phi) is 7.48. The summed E-state index contributed by atoms with van der Waals surface area (Å²) in [6.07, 6.45) is 0.176. The van der Waals surface area contributed by atoms with Gasteiger partial charge < -0.3 is 10.1 Å². The number of anilines is 1. The van der Waals surface area contributed by atoms with E-state index in [4.69, 9.17) is 9.72 Å². The molecule has 0 saturated carbocycles. The maximum atomic E-state index is 12.7. The number of ether oxygens (including phenoxy) is 1. The molecule has 0 fully saturated rings. The Balaban J connectivity index is 1.22. The number of para-hydroxylation sites is 1. The van der Waals surface area contributed by atoms with Gasteiger partial charge in [0, 0.05) is 24.0 Å². The van der Waals surface area contributed by atoms with Crippen molar-refractivity contribution in [1.82, 2.24) is 4.98 Å². The molecule has 0 aliphatic rings. The maximum Gasteiger partial charge on any atom is 0.226 e. The first kappa shape index (κ1) is 24.2. The number of hydrogen-bond acceptors (Lipinski definition) is 5. The summed E-state index contributed by atoms with van der Waals surface area (Å²) in [5.41, 5.74) is 3.38. The number of nitrogens with zero attached hydrogens (tertiary/aromatic N) is 1. The van der Waals surface area contributed by atoms with Gasteiger partial charge in [-0.3, -0.25) is 9.59 Å². The summed E-state index contributed by atoms with van der Waals surface area (Å²) in [4.78, 5) is 31.0. The number of benzene rings is 4. The van der Waals surface area contributed by atoms with Gasteiger partial charge in [-0.25, -0.2) is 4.98 Å². The lowest BCUT2D eigenvalue weighted by molar-refractivity contribution is -0.116. The molecule has 0 spiro atoms. The number of thiazole rings is 1. The molecule has 0 radical (unpaired) electrons. The molecule has 0 saturated heterocycles. The molecule has 1 N–H and O–H groups in total. The Morgan fingerprint density at radius 2 is 1.24 bits per heavy atom. The van der Waals surface area contributed by atoms with Crippen molar-refractivity contribution in [2.45, 2.75) is 12.8 Å². The van der Waals surface area contributed by atoms with Crippen LogP contribution in [-0.4, -0.2) is 16.7 Å². The Labute approximate surface area is 219 Å². The number of nitrogens with one attached hydrogen (secondary N) is 1. The Morgan fingerprint density at radius 1 is 0.676 bits per heavy atom. The fourth-order valence-corrected chi connectivity index (χ4v) is 4.85. The van der Waals surface area contributed by atoms with E-state index in [1.807, 2.05) is 91.0 Å². The van der Waals surface area contributed by atoms with E-state index in [2.05, 4.69) is 5.32 Å². The SMILES string of the molecule is O=C(CCC(=O)c1ccc(Oc2ccccc2)cc1)Nc1nc(-c2ccccc2)c(-c2ccccc2)s1. The Bertz CT molecular complexity index is 1430. The van der Waals surface area contributed by atoms with Crippen LogP contribution < -0.4 is 10.1 Å². The lowest BCUT2D eigenvalue weighted by atomic mass is 10.1. The molecule has 37 heavy (non-hydrogen) atoms. The van der Waals surface area contributed by atoms with E-state index < -0.39 is 0 Å². The number of amides is 1. The second-order valence-corrected chi connectivity index (χ2v) is 9.34. The molecule has 4 aromatic carbocycles. The number of aromatic nitrogens is 1. The van der Waals surface area contributed by atoms with Gasteiger partial charge in [0.25, 0.3) is 0 Å². The minimum absolute atomic E-state index is 0.0714. The molecule has 0 atom stereocenters. The molecule has 5 nitrogen and oxygen atoms in total. The molecule has 1 aromatic heterocycles. The minimum atomic E-state index is -0.245. The highest BCUT2D eigenvalue weighted by Gasteiger charge is 2.17. The van der Waals surface area contributed by atoms with Crippen LogP contribution in [-0.2, 0) is 4.79 Å². The monoisotopic (exact) mass is 504 g/mol. The van der Waals surface area contributed by atoms with E-state index in [0.717, 1.165) is 27.4 Å². The van der Waals surface area contributed by atoms with E-state index in [9.17, 15) is 9.59 Å². The van der Waals surface area contributed by atoms with Gasteiger partial charge in [-0.2, -0.15) is 0 Å². The molecule has 0 unspecified atom stereocenters. The van der Waals surface area contributed by atoms with Crippen molar-refractivity contribution in [3.63, 3.8) is 0 Å². The molecule has 6 heteroatoms. The Hall–Kier alpha value is -4.55. The summed E-state index contributed by atoms with van der Waals surface area (Å²) in [7, 11) is 0. The molecular weight excluding hydrogens is 480 g/mol. The average Bonchev–Trinajstić information content (AvgIpc) is 3.37. The van der Waals surface area contributed by atoms with Crippen LogP contribution in [0.5, 0.6) is 11.5 Å². The molecule has 1 heterocycles. The largest absolute Gasteiger partial charge is 0.457 e. The van der Waals surface area contributed by atoms with E-state index >= 15 is 0 Å². The van der Waals surface area contributed by atoms with Crippen LogP contribution in [0, 0.1) is 0 Å². The van der Waals surface area contributed by atoms with Crippen molar-refractivity contribution in [2.24, 2.45) is 0 Å². The number of hydrogen-bond donors (Lipinski definition) is 1. The van der Waals surface area contributed by atoms with Crippen molar-refractivity contribution < 1.29 is 14.3 Å². The average molecular weight is 505 g/mol. The van der Waals surface area contributed by atoms with Crippen LogP contribution in [0.4, 0.5) is 5.13 Å². The first-order valence-corrected chi connectivity index (χ1v) is 12.7. The molecule has 0 aliphatic heterocycles. The zero-order chi connectivity index (χ0) is 25.5. The minimum Gasteiger partial charge on any atom is -0.457 e. The third-order valence-corrected chi connectivity index (χ3v) is 6.71. The van der Waals surface area contributed by atoms with Crippen molar-refractivity contribution in [2.75, 3.05) is 5.32 Å². The second-order valence-electron chi connectivity index (χ2n) is 8.34. The van der Waals surface area contributed by atoms with Crippen LogP contribution in [0.1, 0.15) is 23.2 Å². The highest BCUT2D eigenvalue weighted by Crippen LogP contribution is 2.39. The molecule has 5 rings (SSSR count). The van der Waals surface area contributed by atoms with Crippen LogP contribution in [0.3, 0.4) is 0 Å². The molecular formula is C31H24N2O3S. The van der Waals surface area contributed by atoms with Gasteiger partial charge in [0.05, 0.1) is 10.6 Å². The third kappa shape index (κ3) is 6.18. The second kappa shape index (κ2) is 11.5. The van der Waals surface area contributed by atoms with Crippen molar-refractivity contribution in [3.8, 4) is 33.2 Å². The third-order valence-electron chi connectivity index (χ3n) is 5.69. The van der Waals surface area contributed by atoms with Gasteiger partial charge in [0.2, 0.25) is 5.91 Å². The molecule has 0 aliphatic carbocycles. The topological polar surface area (TPSA) is 68.3 Å². The maximum absolute atomic E-state index is 12.7. The van der Waals surface area contributed by atoms with Gasteiger partial charge in [-0.1, -0.05) is 90.2 Å². The van der Waals surface area contributed by atoms with Gasteiger partial charge >= 0.3 is 0 Å². The summed E-state index contributed by atoms with van der Waals surface area (Å²) in [6.45, 7) is 0. The zero-order valence-corrected chi connectivity index (χ0v) is 20.8. The number of ketones is 1. The van der Waals surface area contributed by atoms with Crippen molar-refractivity contribution >= 4 is 28.2 Å². The predicted molar refractivity (Wildman–Crippen MR) is 148 cm³/mol. The van der Waals surface area contributed by atoms with Crippen LogP contribution in [0.15, 0.2) is 115 Å². The Morgan fingerprint density at radius 3 is 1.89 bits per heavy atom. The standard InChI is InChI=1S/C31H24N2O3S/c34-27(22-16-18-26(19-17-22)36-25-14-8-3-9-15-25)20-21-28(35)32-31-33-29(23-10-4-1-5-11-23)30(37-31)24-12-6-2-7-13-24/h1-19H,20-21H2,(H,32,33,35). The number of Topliss-reactive ketones (excluding diaryl/α,β-unsaturated/α-hetero) is 1. The van der Waals surface area contributed by atoms with E-state index in [0.29, 0.717) is 16.4 Å². The number of carbonyl (C=O) groups is 2. The quantitative estimate of drug-likeness (QED) is 0.207. The molecule has 5 aromatic rings. The first-order valence-electron chi connectivity index (χ1n) is 11.9. The highest BCUT2D eigenvalue weighted by molar-refractivity contribution is 7.19. The fraction of sp³-hybridized carbons (Fsp3) is 0.0645. The zero-order valence-electron chi connectivity index (χ0n) is 20.0. The first-order chi connectivity index (χ1) is 18.2. The smallest absolute Gasteiger partial charge is 0.226 e.